The molecular formula is C13H18ClNO. The molecule has 0 atom stereocenters. The fourth-order valence-corrected chi connectivity index (χ4v) is 2.02. The second kappa shape index (κ2) is 5.55. The number of hydrogen-bond donors (Lipinski definition) is 1. The molecule has 1 aliphatic carbocycles. The Morgan fingerprint density at radius 3 is 2.94 bits per heavy atom. The van der Waals surface area contributed by atoms with Crippen molar-refractivity contribution in [1.82, 2.24) is 5.32 Å². The van der Waals surface area contributed by atoms with E-state index in [9.17, 15) is 0 Å². The average molecular weight is 240 g/mol. The molecule has 3 heteroatoms. The van der Waals surface area contributed by atoms with Crippen molar-refractivity contribution in [3.05, 3.63) is 28.8 Å². The highest BCUT2D eigenvalue weighted by Crippen LogP contribution is 2.31. The number of ether oxygens (including phenoxy) is 1. The van der Waals surface area contributed by atoms with Gasteiger partial charge in [0, 0.05) is 17.1 Å². The number of hydrogen-bond acceptors (Lipinski definition) is 2. The van der Waals surface area contributed by atoms with Gasteiger partial charge in [-0.3, -0.25) is 0 Å². The molecule has 1 aromatic rings. The summed E-state index contributed by atoms with van der Waals surface area (Å²) in [4.78, 5) is 0. The summed E-state index contributed by atoms with van der Waals surface area (Å²) in [5.41, 5.74) is 1.13. The van der Waals surface area contributed by atoms with Crippen molar-refractivity contribution in [3.63, 3.8) is 0 Å². The molecule has 2 nitrogen and oxygen atoms in total. The van der Waals surface area contributed by atoms with Gasteiger partial charge in [-0.2, -0.15) is 0 Å². The van der Waals surface area contributed by atoms with Crippen LogP contribution in [0.3, 0.4) is 0 Å². The van der Waals surface area contributed by atoms with E-state index in [4.69, 9.17) is 16.3 Å². The summed E-state index contributed by atoms with van der Waals surface area (Å²) < 4.78 is 5.29. The van der Waals surface area contributed by atoms with Crippen LogP contribution in [0, 0.1) is 5.92 Å². The SMILES string of the molecule is COc1ccc(Cl)cc1CNCCC1CC1. The lowest BCUT2D eigenvalue weighted by molar-refractivity contribution is 0.407. The molecule has 0 bridgehead atoms. The summed E-state index contributed by atoms with van der Waals surface area (Å²) in [5.74, 6) is 1.89. The van der Waals surface area contributed by atoms with Crippen molar-refractivity contribution in [2.24, 2.45) is 5.92 Å². The third-order valence-corrected chi connectivity index (χ3v) is 3.22. The minimum Gasteiger partial charge on any atom is -0.496 e. The van der Waals surface area contributed by atoms with Crippen molar-refractivity contribution in [1.29, 1.82) is 0 Å². The highest BCUT2D eigenvalue weighted by atomic mass is 35.5. The molecule has 1 saturated carbocycles. The summed E-state index contributed by atoms with van der Waals surface area (Å²) in [7, 11) is 1.69. The molecule has 1 aliphatic rings. The van der Waals surface area contributed by atoms with E-state index in [1.807, 2.05) is 18.2 Å². The van der Waals surface area contributed by atoms with Crippen molar-refractivity contribution in [2.75, 3.05) is 13.7 Å². The fraction of sp³-hybridized carbons (Fsp3) is 0.538. The van der Waals surface area contributed by atoms with Crippen LogP contribution in [0.2, 0.25) is 5.02 Å². The maximum Gasteiger partial charge on any atom is 0.123 e. The van der Waals surface area contributed by atoms with E-state index >= 15 is 0 Å². The Morgan fingerprint density at radius 2 is 2.25 bits per heavy atom. The Bertz CT molecular complexity index is 350. The summed E-state index contributed by atoms with van der Waals surface area (Å²) in [6.45, 7) is 1.91. The van der Waals surface area contributed by atoms with E-state index in [-0.39, 0.29) is 0 Å². The van der Waals surface area contributed by atoms with Gasteiger partial charge in [-0.25, -0.2) is 0 Å². The van der Waals surface area contributed by atoms with Crippen LogP contribution in [0.25, 0.3) is 0 Å². The number of halogens is 1. The summed E-state index contributed by atoms with van der Waals surface area (Å²) in [5, 5.41) is 4.20. The second-order valence-corrected chi connectivity index (χ2v) is 4.80. The zero-order valence-corrected chi connectivity index (χ0v) is 10.4. The van der Waals surface area contributed by atoms with Crippen molar-refractivity contribution in [2.45, 2.75) is 25.8 Å². The maximum atomic E-state index is 5.96. The molecule has 1 fully saturated rings. The zero-order chi connectivity index (χ0) is 11.4. The summed E-state index contributed by atoms with van der Waals surface area (Å²) in [6, 6.07) is 5.73. The first kappa shape index (κ1) is 11.7. The lowest BCUT2D eigenvalue weighted by Crippen LogP contribution is -2.15. The van der Waals surface area contributed by atoms with Gasteiger partial charge >= 0.3 is 0 Å². The quantitative estimate of drug-likeness (QED) is 0.770. The van der Waals surface area contributed by atoms with Crippen LogP contribution < -0.4 is 10.1 Å². The largest absolute Gasteiger partial charge is 0.496 e. The van der Waals surface area contributed by atoms with Crippen LogP contribution in [0.1, 0.15) is 24.8 Å². The molecule has 0 aromatic heterocycles. The van der Waals surface area contributed by atoms with Crippen LogP contribution in [-0.4, -0.2) is 13.7 Å². The topological polar surface area (TPSA) is 21.3 Å². The standard InChI is InChI=1S/C13H18ClNO/c1-16-13-5-4-12(14)8-11(13)9-15-7-6-10-2-3-10/h4-5,8,10,15H,2-3,6-7,9H2,1H3. The van der Waals surface area contributed by atoms with Crippen LogP contribution in [0.4, 0.5) is 0 Å². The number of benzene rings is 1. The van der Waals surface area contributed by atoms with Gasteiger partial charge in [0.1, 0.15) is 5.75 Å². The third-order valence-electron chi connectivity index (χ3n) is 2.98. The molecule has 16 heavy (non-hydrogen) atoms. The Hall–Kier alpha value is -0.730. The average Bonchev–Trinajstić information content (AvgIpc) is 3.08. The minimum atomic E-state index is 0.764. The van der Waals surface area contributed by atoms with E-state index in [0.717, 1.165) is 35.3 Å². The molecule has 0 amide bonds. The van der Waals surface area contributed by atoms with Crippen LogP contribution in [0.15, 0.2) is 18.2 Å². The third kappa shape index (κ3) is 3.39. The molecule has 0 unspecified atom stereocenters. The number of rotatable bonds is 6. The minimum absolute atomic E-state index is 0.764. The van der Waals surface area contributed by atoms with Gasteiger partial charge in [-0.15, -0.1) is 0 Å². The van der Waals surface area contributed by atoms with Gasteiger partial charge in [0.05, 0.1) is 7.11 Å². The number of methoxy groups -OCH3 is 1. The van der Waals surface area contributed by atoms with E-state index in [2.05, 4.69) is 5.32 Å². The smallest absolute Gasteiger partial charge is 0.123 e. The predicted molar refractivity (Wildman–Crippen MR) is 67.1 cm³/mol. The molecule has 1 aromatic carbocycles. The Kier molecular flexibility index (Phi) is 4.08. The fourth-order valence-electron chi connectivity index (χ4n) is 1.82. The first-order valence-electron chi connectivity index (χ1n) is 5.82. The Balaban J connectivity index is 1.83. The highest BCUT2D eigenvalue weighted by molar-refractivity contribution is 6.30. The van der Waals surface area contributed by atoms with Crippen LogP contribution in [0.5, 0.6) is 5.75 Å². The monoisotopic (exact) mass is 239 g/mol. The first-order valence-corrected chi connectivity index (χ1v) is 6.20. The molecule has 88 valence electrons. The van der Waals surface area contributed by atoms with Crippen molar-refractivity contribution in [3.8, 4) is 5.75 Å². The van der Waals surface area contributed by atoms with Crippen molar-refractivity contribution < 1.29 is 4.74 Å². The molecule has 0 saturated heterocycles. The summed E-state index contributed by atoms with van der Waals surface area (Å²) in [6.07, 6.45) is 4.13. The van der Waals surface area contributed by atoms with Crippen LogP contribution >= 0.6 is 11.6 Å². The zero-order valence-electron chi connectivity index (χ0n) is 9.63. The van der Waals surface area contributed by atoms with Gasteiger partial charge in [-0.1, -0.05) is 24.4 Å². The molecule has 0 radical (unpaired) electrons. The lowest BCUT2D eigenvalue weighted by atomic mass is 10.2. The Morgan fingerprint density at radius 1 is 1.44 bits per heavy atom. The van der Waals surface area contributed by atoms with Gasteiger partial charge in [0.15, 0.2) is 0 Å². The molecule has 0 aliphatic heterocycles. The van der Waals surface area contributed by atoms with Gasteiger partial charge in [-0.05, 0) is 37.1 Å². The molecule has 1 N–H and O–H groups in total. The Labute approximate surface area is 102 Å². The van der Waals surface area contributed by atoms with E-state index in [0.29, 0.717) is 0 Å². The van der Waals surface area contributed by atoms with E-state index in [1.54, 1.807) is 7.11 Å². The van der Waals surface area contributed by atoms with Gasteiger partial charge < -0.3 is 10.1 Å². The highest BCUT2D eigenvalue weighted by Gasteiger charge is 2.19. The maximum absolute atomic E-state index is 5.96. The van der Waals surface area contributed by atoms with E-state index < -0.39 is 0 Å². The van der Waals surface area contributed by atoms with Gasteiger partial charge in [0.25, 0.3) is 0 Å². The predicted octanol–water partition coefficient (Wildman–Crippen LogP) is 3.24. The second-order valence-electron chi connectivity index (χ2n) is 4.36. The molecular weight excluding hydrogens is 222 g/mol. The van der Waals surface area contributed by atoms with Crippen LogP contribution in [-0.2, 0) is 6.54 Å². The normalized spacial score (nSPS) is 15.1. The summed E-state index contributed by atoms with van der Waals surface area (Å²) >= 11 is 5.96. The molecule has 0 heterocycles. The molecule has 2 rings (SSSR count). The van der Waals surface area contributed by atoms with Crippen molar-refractivity contribution >= 4 is 11.6 Å². The van der Waals surface area contributed by atoms with Gasteiger partial charge in [0.2, 0.25) is 0 Å². The van der Waals surface area contributed by atoms with E-state index in [1.165, 1.54) is 19.3 Å². The molecule has 0 spiro atoms. The lowest BCUT2D eigenvalue weighted by Gasteiger charge is -2.09. The number of nitrogens with one attached hydrogen (secondary N) is 1. The first-order chi connectivity index (χ1) is 7.79.